The van der Waals surface area contributed by atoms with E-state index in [-0.39, 0.29) is 12.1 Å². The Bertz CT molecular complexity index is 723. The second-order valence-corrected chi connectivity index (χ2v) is 9.42. The number of piperidine rings is 1. The molecule has 1 unspecified atom stereocenters. The van der Waals surface area contributed by atoms with Gasteiger partial charge in [0.15, 0.2) is 0 Å². The number of benzene rings is 1. The molecule has 2 atom stereocenters. The molecule has 1 N–H and O–H groups in total. The van der Waals surface area contributed by atoms with Crippen molar-refractivity contribution in [1.29, 1.82) is 0 Å². The van der Waals surface area contributed by atoms with E-state index in [2.05, 4.69) is 28.4 Å². The lowest BCUT2D eigenvalue weighted by molar-refractivity contribution is 0.0613. The van der Waals surface area contributed by atoms with Crippen molar-refractivity contribution in [3.05, 3.63) is 29.3 Å². The topological polar surface area (TPSA) is 44.8 Å². The molecule has 2 saturated heterocycles. The first kappa shape index (κ1) is 19.2. The first-order valence-electron chi connectivity index (χ1n) is 11.8. The zero-order valence-electron chi connectivity index (χ0n) is 17.6. The monoisotopic (exact) mass is 397 g/mol. The minimum absolute atomic E-state index is 0.0851. The van der Waals surface area contributed by atoms with Crippen molar-refractivity contribution in [3.63, 3.8) is 0 Å². The van der Waals surface area contributed by atoms with Crippen molar-refractivity contribution in [2.45, 2.75) is 63.3 Å². The molecule has 2 heterocycles. The maximum atomic E-state index is 13.0. The smallest absolute Gasteiger partial charge is 0.410 e. The molecule has 1 saturated carbocycles. The summed E-state index contributed by atoms with van der Waals surface area (Å²) in [5.74, 6) is 1.17. The predicted molar refractivity (Wildman–Crippen MR) is 115 cm³/mol. The SMILES string of the molecule is O=C(OCC1CCCCCC1)N1CCC2C[C@H]1c1cc(N3CCNCC3)ccc12. The third kappa shape index (κ3) is 3.98. The molecule has 2 bridgehead atoms. The van der Waals surface area contributed by atoms with Crippen molar-refractivity contribution in [1.82, 2.24) is 10.2 Å². The number of nitrogens with zero attached hydrogens (tertiary/aromatic N) is 2. The van der Waals surface area contributed by atoms with Crippen LogP contribution in [0.25, 0.3) is 0 Å². The molecule has 0 radical (unpaired) electrons. The Balaban J connectivity index is 1.28. The third-order valence-electron chi connectivity index (χ3n) is 7.61. The van der Waals surface area contributed by atoms with Crippen LogP contribution in [0.15, 0.2) is 18.2 Å². The van der Waals surface area contributed by atoms with Crippen LogP contribution < -0.4 is 10.2 Å². The van der Waals surface area contributed by atoms with Gasteiger partial charge in [-0.1, -0.05) is 31.7 Å². The van der Waals surface area contributed by atoms with E-state index < -0.39 is 0 Å². The predicted octanol–water partition coefficient (Wildman–Crippen LogP) is 4.44. The second-order valence-electron chi connectivity index (χ2n) is 9.42. The molecular formula is C24H35N3O2. The first-order valence-corrected chi connectivity index (χ1v) is 11.8. The van der Waals surface area contributed by atoms with Crippen LogP contribution in [-0.2, 0) is 4.74 Å². The highest BCUT2D eigenvalue weighted by Crippen LogP contribution is 2.50. The summed E-state index contributed by atoms with van der Waals surface area (Å²) in [7, 11) is 0. The van der Waals surface area contributed by atoms with E-state index in [1.54, 1.807) is 0 Å². The number of fused-ring (bicyclic) bond motifs is 5. The minimum Gasteiger partial charge on any atom is -0.449 e. The van der Waals surface area contributed by atoms with Gasteiger partial charge in [-0.2, -0.15) is 0 Å². The fourth-order valence-corrected chi connectivity index (χ4v) is 5.91. The average Bonchev–Trinajstić information content (AvgIpc) is 2.93. The highest BCUT2D eigenvalue weighted by Gasteiger charge is 2.41. The fourth-order valence-electron chi connectivity index (χ4n) is 5.91. The summed E-state index contributed by atoms with van der Waals surface area (Å²) in [6, 6.07) is 7.19. The number of nitrogens with one attached hydrogen (secondary N) is 1. The van der Waals surface area contributed by atoms with Gasteiger partial charge in [-0.25, -0.2) is 4.79 Å². The van der Waals surface area contributed by atoms with E-state index in [9.17, 15) is 4.79 Å². The van der Waals surface area contributed by atoms with Gasteiger partial charge in [-0.05, 0) is 60.8 Å². The molecule has 158 valence electrons. The summed E-state index contributed by atoms with van der Waals surface area (Å²) in [5.41, 5.74) is 4.15. The molecule has 2 aliphatic heterocycles. The highest BCUT2D eigenvalue weighted by molar-refractivity contribution is 5.70. The van der Waals surface area contributed by atoms with Gasteiger partial charge in [0, 0.05) is 38.4 Å². The number of carbonyl (C=O) groups excluding carboxylic acids is 1. The number of hydrogen-bond donors (Lipinski definition) is 1. The van der Waals surface area contributed by atoms with Gasteiger partial charge < -0.3 is 19.9 Å². The molecule has 1 aromatic rings. The minimum atomic E-state index is -0.0851. The van der Waals surface area contributed by atoms with Crippen LogP contribution in [0.5, 0.6) is 0 Å². The molecule has 0 aromatic heterocycles. The van der Waals surface area contributed by atoms with Gasteiger partial charge in [-0.15, -0.1) is 0 Å². The lowest BCUT2D eigenvalue weighted by Gasteiger charge is -2.34. The van der Waals surface area contributed by atoms with Crippen LogP contribution in [0.4, 0.5) is 10.5 Å². The van der Waals surface area contributed by atoms with Crippen LogP contribution in [-0.4, -0.2) is 50.3 Å². The summed E-state index contributed by atoms with van der Waals surface area (Å²) >= 11 is 0. The van der Waals surface area contributed by atoms with E-state index in [4.69, 9.17) is 4.74 Å². The van der Waals surface area contributed by atoms with Crippen LogP contribution >= 0.6 is 0 Å². The quantitative estimate of drug-likeness (QED) is 0.766. The zero-order valence-corrected chi connectivity index (χ0v) is 17.6. The Hall–Kier alpha value is -1.75. The van der Waals surface area contributed by atoms with Gasteiger partial charge in [0.25, 0.3) is 0 Å². The van der Waals surface area contributed by atoms with Crippen molar-refractivity contribution < 1.29 is 9.53 Å². The Labute approximate surface area is 174 Å². The normalized spacial score (nSPS) is 27.4. The molecule has 29 heavy (non-hydrogen) atoms. The molecule has 0 spiro atoms. The molecule has 3 fully saturated rings. The Kier molecular flexibility index (Phi) is 5.67. The molecule has 5 rings (SSSR count). The van der Waals surface area contributed by atoms with Crippen molar-refractivity contribution in [3.8, 4) is 0 Å². The second kappa shape index (κ2) is 8.55. The number of ether oxygens (including phenoxy) is 1. The molecular weight excluding hydrogens is 362 g/mol. The summed E-state index contributed by atoms with van der Waals surface area (Å²) in [6.07, 6.45) is 9.74. The van der Waals surface area contributed by atoms with Gasteiger partial charge in [0.2, 0.25) is 0 Å². The van der Waals surface area contributed by atoms with E-state index in [1.165, 1.54) is 55.3 Å². The number of anilines is 1. The Morgan fingerprint density at radius 1 is 1.00 bits per heavy atom. The van der Waals surface area contributed by atoms with Crippen LogP contribution in [0, 0.1) is 5.92 Å². The average molecular weight is 398 g/mol. The van der Waals surface area contributed by atoms with Gasteiger partial charge in [0.1, 0.15) is 0 Å². The van der Waals surface area contributed by atoms with Crippen LogP contribution in [0.1, 0.15) is 74.5 Å². The van der Waals surface area contributed by atoms with Crippen molar-refractivity contribution in [2.24, 2.45) is 5.92 Å². The van der Waals surface area contributed by atoms with E-state index in [0.29, 0.717) is 18.4 Å². The lowest BCUT2D eigenvalue weighted by atomic mass is 9.95. The first-order chi connectivity index (χ1) is 14.3. The number of carbonyl (C=O) groups is 1. The van der Waals surface area contributed by atoms with E-state index in [0.717, 1.165) is 45.6 Å². The van der Waals surface area contributed by atoms with Crippen LogP contribution in [0.2, 0.25) is 0 Å². The summed E-state index contributed by atoms with van der Waals surface area (Å²) in [5, 5.41) is 3.43. The van der Waals surface area contributed by atoms with Crippen molar-refractivity contribution >= 4 is 11.8 Å². The van der Waals surface area contributed by atoms with Crippen LogP contribution in [0.3, 0.4) is 0 Å². The van der Waals surface area contributed by atoms with Gasteiger partial charge >= 0.3 is 6.09 Å². The third-order valence-corrected chi connectivity index (χ3v) is 7.61. The molecule has 2 aliphatic carbocycles. The summed E-state index contributed by atoms with van der Waals surface area (Å²) in [4.78, 5) is 17.5. The summed E-state index contributed by atoms with van der Waals surface area (Å²) in [6.45, 7) is 5.64. The standard InChI is InChI=1S/C24H35N3O2/c28-24(29-17-18-5-3-1-2-4-6-18)27-12-9-19-15-23(27)22-16-20(7-8-21(19)22)26-13-10-25-11-14-26/h7-8,16,18-19,23,25H,1-6,9-15,17H2/t19?,23-/m0/s1. The van der Waals surface area contributed by atoms with E-state index >= 15 is 0 Å². The van der Waals surface area contributed by atoms with Gasteiger partial charge in [0.05, 0.1) is 12.6 Å². The molecule has 1 amide bonds. The number of amides is 1. The molecule has 4 aliphatic rings. The largest absolute Gasteiger partial charge is 0.449 e. The number of rotatable bonds is 3. The molecule has 5 nitrogen and oxygen atoms in total. The molecule has 1 aromatic carbocycles. The Morgan fingerprint density at radius 2 is 1.79 bits per heavy atom. The maximum Gasteiger partial charge on any atom is 0.410 e. The van der Waals surface area contributed by atoms with Gasteiger partial charge in [-0.3, -0.25) is 0 Å². The maximum absolute atomic E-state index is 13.0. The fraction of sp³-hybridized carbons (Fsp3) is 0.708. The lowest BCUT2D eigenvalue weighted by Crippen LogP contribution is -2.43. The summed E-state index contributed by atoms with van der Waals surface area (Å²) < 4.78 is 5.86. The number of hydrogen-bond acceptors (Lipinski definition) is 4. The highest BCUT2D eigenvalue weighted by atomic mass is 16.6. The number of piperazine rings is 1. The Morgan fingerprint density at radius 3 is 2.59 bits per heavy atom. The number of likely N-dealkylation sites (tertiary alicyclic amines) is 1. The van der Waals surface area contributed by atoms with Crippen molar-refractivity contribution in [2.75, 3.05) is 44.2 Å². The molecule has 5 heteroatoms. The van der Waals surface area contributed by atoms with E-state index in [1.807, 2.05) is 4.90 Å². The zero-order chi connectivity index (χ0) is 19.6.